The summed E-state index contributed by atoms with van der Waals surface area (Å²) in [5.41, 5.74) is 0. The standard InChI is InChI=1S/C21H44O2S/c1-3-5-6-7-8-9-10-11-12-13-14-15-16-17-18-19-21-24(22,23)20-4-2/h3-21H2,1-2H3. The Hall–Kier alpha value is -0.0500. The third kappa shape index (κ3) is 18.3. The molecule has 0 aromatic carbocycles. The first-order valence-corrected chi connectivity index (χ1v) is 12.6. The highest BCUT2D eigenvalue weighted by Crippen LogP contribution is 2.14. The van der Waals surface area contributed by atoms with E-state index in [1.807, 2.05) is 6.92 Å². The largest absolute Gasteiger partial charge is 0.229 e. The van der Waals surface area contributed by atoms with E-state index in [2.05, 4.69) is 6.92 Å². The molecule has 0 aromatic heterocycles. The van der Waals surface area contributed by atoms with Crippen LogP contribution in [0.1, 0.15) is 123 Å². The molecule has 2 nitrogen and oxygen atoms in total. The summed E-state index contributed by atoms with van der Waals surface area (Å²) in [4.78, 5) is 0. The van der Waals surface area contributed by atoms with Crippen LogP contribution in [0.15, 0.2) is 0 Å². The van der Waals surface area contributed by atoms with Gasteiger partial charge in [0.25, 0.3) is 0 Å². The van der Waals surface area contributed by atoms with Gasteiger partial charge in [-0.25, -0.2) is 8.42 Å². The molecule has 0 aliphatic rings. The molecule has 0 N–H and O–H groups in total. The van der Waals surface area contributed by atoms with Gasteiger partial charge in [-0.2, -0.15) is 0 Å². The number of rotatable bonds is 19. The van der Waals surface area contributed by atoms with Crippen LogP contribution in [0, 0.1) is 0 Å². The van der Waals surface area contributed by atoms with Gasteiger partial charge in [0.05, 0.1) is 5.75 Å². The first-order valence-electron chi connectivity index (χ1n) is 10.8. The second-order valence-electron chi connectivity index (χ2n) is 7.46. The van der Waals surface area contributed by atoms with Crippen LogP contribution in [-0.2, 0) is 9.84 Å². The molecule has 0 heterocycles. The van der Waals surface area contributed by atoms with Crippen molar-refractivity contribution in [2.75, 3.05) is 11.5 Å². The maximum atomic E-state index is 11.6. The van der Waals surface area contributed by atoms with Crippen molar-refractivity contribution in [3.8, 4) is 0 Å². The summed E-state index contributed by atoms with van der Waals surface area (Å²) in [6.45, 7) is 4.21. The van der Waals surface area contributed by atoms with E-state index >= 15 is 0 Å². The normalized spacial score (nSPS) is 11.9. The van der Waals surface area contributed by atoms with Gasteiger partial charge in [-0.1, -0.05) is 110 Å². The van der Waals surface area contributed by atoms with Crippen molar-refractivity contribution in [1.82, 2.24) is 0 Å². The minimum absolute atomic E-state index is 0.367. The summed E-state index contributed by atoms with van der Waals surface area (Å²) in [7, 11) is -2.75. The Bertz CT molecular complexity index is 336. The highest BCUT2D eigenvalue weighted by molar-refractivity contribution is 7.91. The quantitative estimate of drug-likeness (QED) is 0.231. The Morgan fingerprint density at radius 1 is 0.417 bits per heavy atom. The van der Waals surface area contributed by atoms with Crippen molar-refractivity contribution in [1.29, 1.82) is 0 Å². The van der Waals surface area contributed by atoms with Crippen LogP contribution in [0.5, 0.6) is 0 Å². The van der Waals surface area contributed by atoms with Crippen LogP contribution < -0.4 is 0 Å². The van der Waals surface area contributed by atoms with Gasteiger partial charge in [-0.15, -0.1) is 0 Å². The van der Waals surface area contributed by atoms with Gasteiger partial charge in [-0.3, -0.25) is 0 Å². The van der Waals surface area contributed by atoms with E-state index in [9.17, 15) is 8.42 Å². The van der Waals surface area contributed by atoms with Crippen LogP contribution in [0.2, 0.25) is 0 Å². The molecule has 3 heteroatoms. The lowest BCUT2D eigenvalue weighted by atomic mass is 10.0. The first-order chi connectivity index (χ1) is 11.6. The van der Waals surface area contributed by atoms with E-state index in [1.165, 1.54) is 89.9 Å². The van der Waals surface area contributed by atoms with Crippen LogP contribution >= 0.6 is 0 Å². The van der Waals surface area contributed by atoms with Gasteiger partial charge in [0.1, 0.15) is 9.84 Å². The predicted octanol–water partition coefficient (Wildman–Crippen LogP) is 7.07. The van der Waals surface area contributed by atoms with Crippen molar-refractivity contribution >= 4 is 9.84 Å². The van der Waals surface area contributed by atoms with Crippen LogP contribution in [0.25, 0.3) is 0 Å². The van der Waals surface area contributed by atoms with Crippen LogP contribution in [0.3, 0.4) is 0 Å². The Morgan fingerprint density at radius 2 is 0.750 bits per heavy atom. The third-order valence-electron chi connectivity index (χ3n) is 4.82. The molecular weight excluding hydrogens is 316 g/mol. The molecule has 0 atom stereocenters. The summed E-state index contributed by atoms with van der Waals surface area (Å²) >= 11 is 0. The molecule has 0 amide bonds. The van der Waals surface area contributed by atoms with Gasteiger partial charge in [0.15, 0.2) is 0 Å². The molecule has 0 bridgehead atoms. The van der Waals surface area contributed by atoms with E-state index in [1.54, 1.807) is 0 Å². The summed E-state index contributed by atoms with van der Waals surface area (Å²) in [5.74, 6) is 0.769. The minimum Gasteiger partial charge on any atom is -0.229 e. The Kier molecular flexibility index (Phi) is 17.7. The zero-order valence-corrected chi connectivity index (χ0v) is 17.5. The lowest BCUT2D eigenvalue weighted by molar-refractivity contribution is 0.531. The van der Waals surface area contributed by atoms with E-state index in [0.29, 0.717) is 11.5 Å². The summed E-state index contributed by atoms with van der Waals surface area (Å²) in [6.07, 6.45) is 22.0. The molecule has 24 heavy (non-hydrogen) atoms. The van der Waals surface area contributed by atoms with Crippen molar-refractivity contribution in [2.24, 2.45) is 0 Å². The van der Waals surface area contributed by atoms with Crippen molar-refractivity contribution in [3.05, 3.63) is 0 Å². The molecule has 0 radical (unpaired) electrons. The first kappa shape index (κ1) is 23.9. The summed E-state index contributed by atoms with van der Waals surface area (Å²) in [6, 6.07) is 0. The molecule has 0 aliphatic heterocycles. The number of hydrogen-bond acceptors (Lipinski definition) is 2. The van der Waals surface area contributed by atoms with Gasteiger partial charge < -0.3 is 0 Å². The number of unbranched alkanes of at least 4 members (excludes halogenated alkanes) is 15. The highest BCUT2D eigenvalue weighted by atomic mass is 32.2. The fourth-order valence-corrected chi connectivity index (χ4v) is 4.75. The third-order valence-corrected chi connectivity index (χ3v) is 6.76. The average molecular weight is 361 g/mol. The predicted molar refractivity (Wildman–Crippen MR) is 108 cm³/mol. The Morgan fingerprint density at radius 3 is 1.08 bits per heavy atom. The molecule has 0 rings (SSSR count). The highest BCUT2D eigenvalue weighted by Gasteiger charge is 2.07. The maximum absolute atomic E-state index is 11.6. The molecule has 0 spiro atoms. The fraction of sp³-hybridized carbons (Fsp3) is 1.00. The lowest BCUT2D eigenvalue weighted by Gasteiger charge is -2.04. The Balaban J connectivity index is 3.13. The van der Waals surface area contributed by atoms with Crippen molar-refractivity contribution < 1.29 is 8.42 Å². The minimum atomic E-state index is -2.75. The van der Waals surface area contributed by atoms with E-state index in [0.717, 1.165) is 19.3 Å². The molecule has 0 aliphatic carbocycles. The van der Waals surface area contributed by atoms with Gasteiger partial charge in [0.2, 0.25) is 0 Å². The molecule has 0 saturated heterocycles. The molecular formula is C21H44O2S. The van der Waals surface area contributed by atoms with E-state index in [-0.39, 0.29) is 0 Å². The molecule has 0 saturated carbocycles. The molecule has 0 unspecified atom stereocenters. The maximum Gasteiger partial charge on any atom is 0.150 e. The second kappa shape index (κ2) is 17.8. The molecule has 0 fully saturated rings. The summed E-state index contributed by atoms with van der Waals surface area (Å²) in [5, 5.41) is 0. The summed E-state index contributed by atoms with van der Waals surface area (Å²) < 4.78 is 23.2. The Labute approximate surface area is 153 Å². The van der Waals surface area contributed by atoms with Gasteiger partial charge in [-0.05, 0) is 12.8 Å². The number of sulfone groups is 1. The van der Waals surface area contributed by atoms with Crippen LogP contribution in [-0.4, -0.2) is 19.9 Å². The SMILES string of the molecule is CCCCCCCCCCCCCCCCCCS(=O)(=O)CCC. The second-order valence-corrected chi connectivity index (χ2v) is 9.76. The van der Waals surface area contributed by atoms with Crippen molar-refractivity contribution in [3.63, 3.8) is 0 Å². The average Bonchev–Trinajstić information content (AvgIpc) is 2.54. The van der Waals surface area contributed by atoms with Gasteiger partial charge >= 0.3 is 0 Å². The lowest BCUT2D eigenvalue weighted by Crippen LogP contribution is -2.10. The van der Waals surface area contributed by atoms with Gasteiger partial charge in [0, 0.05) is 5.75 Å². The van der Waals surface area contributed by atoms with Crippen molar-refractivity contribution in [2.45, 2.75) is 123 Å². The zero-order valence-electron chi connectivity index (χ0n) is 16.7. The topological polar surface area (TPSA) is 34.1 Å². The zero-order chi connectivity index (χ0) is 17.9. The molecule has 0 aromatic rings. The monoisotopic (exact) mass is 360 g/mol. The molecule has 146 valence electrons. The fourth-order valence-electron chi connectivity index (χ4n) is 3.28. The smallest absolute Gasteiger partial charge is 0.150 e. The van der Waals surface area contributed by atoms with Crippen LogP contribution in [0.4, 0.5) is 0 Å². The number of hydrogen-bond donors (Lipinski definition) is 0. The van der Waals surface area contributed by atoms with E-state index in [4.69, 9.17) is 0 Å². The van der Waals surface area contributed by atoms with E-state index < -0.39 is 9.84 Å².